The van der Waals surface area contributed by atoms with Crippen molar-refractivity contribution in [2.45, 2.75) is 13.0 Å². The Balaban J connectivity index is 1.71. The van der Waals surface area contributed by atoms with Crippen molar-refractivity contribution < 1.29 is 28.6 Å². The molecule has 1 aromatic carbocycles. The molecule has 1 atom stereocenters. The summed E-state index contributed by atoms with van der Waals surface area (Å²) in [6.45, 7) is 2.34. The zero-order valence-electron chi connectivity index (χ0n) is 15.4. The molecule has 3 rings (SSSR count). The molecule has 2 heterocycles. The van der Waals surface area contributed by atoms with Gasteiger partial charge in [-0.25, -0.2) is 4.79 Å². The third kappa shape index (κ3) is 4.22. The number of fused-ring (bicyclic) bond motifs is 1. The van der Waals surface area contributed by atoms with Crippen LogP contribution in [0.15, 0.2) is 23.4 Å². The molecule has 10 nitrogen and oxygen atoms in total. The van der Waals surface area contributed by atoms with E-state index in [1.165, 1.54) is 18.9 Å². The summed E-state index contributed by atoms with van der Waals surface area (Å²) < 4.78 is 15.8. The van der Waals surface area contributed by atoms with Gasteiger partial charge in [0, 0.05) is 27.1 Å². The van der Waals surface area contributed by atoms with Crippen molar-refractivity contribution in [3.8, 4) is 5.75 Å². The number of carbonyl (C=O) groups excluding carboxylic acids is 2. The molecule has 146 valence electrons. The van der Waals surface area contributed by atoms with E-state index < -0.39 is 12.2 Å². The summed E-state index contributed by atoms with van der Waals surface area (Å²) in [7, 11) is 3.37. The minimum atomic E-state index is -0.454. The lowest BCUT2D eigenvalue weighted by Gasteiger charge is -2.29. The molecule has 0 unspecified atom stereocenters. The highest BCUT2D eigenvalue weighted by molar-refractivity contribution is 6.01. The molecule has 10 heteroatoms. The molecular formula is C17H22N4O6. The molecule has 0 aromatic heterocycles. The zero-order valence-corrected chi connectivity index (χ0v) is 15.4. The number of hydrogen-bond donors (Lipinski definition) is 1. The molecule has 1 N–H and O–H groups in total. The summed E-state index contributed by atoms with van der Waals surface area (Å²) in [5.74, 6) is 1.06. The Kier molecular flexibility index (Phi) is 5.65. The first-order valence-corrected chi connectivity index (χ1v) is 8.40. The molecule has 0 spiro atoms. The third-order valence-electron chi connectivity index (χ3n) is 4.15. The summed E-state index contributed by atoms with van der Waals surface area (Å²) in [6.07, 6.45) is -0.845. The van der Waals surface area contributed by atoms with E-state index >= 15 is 0 Å². The second-order valence-corrected chi connectivity index (χ2v) is 6.10. The summed E-state index contributed by atoms with van der Waals surface area (Å²) in [6, 6.07) is 5.42. The number of methoxy groups -OCH3 is 1. The number of ether oxygens (including phenoxy) is 3. The van der Waals surface area contributed by atoms with Crippen molar-refractivity contribution >= 4 is 29.2 Å². The minimum absolute atomic E-state index is 0.0554. The molecule has 0 saturated carbocycles. The van der Waals surface area contributed by atoms with Gasteiger partial charge in [0.05, 0.1) is 24.5 Å². The lowest BCUT2D eigenvalue weighted by molar-refractivity contribution is -0.119. The van der Waals surface area contributed by atoms with E-state index in [0.717, 1.165) is 5.69 Å². The van der Waals surface area contributed by atoms with Crippen LogP contribution in [-0.4, -0.2) is 64.6 Å². The first-order chi connectivity index (χ1) is 13.0. The molecule has 0 bridgehead atoms. The number of hydrogen-bond acceptors (Lipinski definition) is 7. The van der Waals surface area contributed by atoms with Crippen LogP contribution < -0.4 is 19.9 Å². The van der Waals surface area contributed by atoms with E-state index in [-0.39, 0.29) is 25.9 Å². The normalized spacial score (nSPS) is 20.2. The average Bonchev–Trinajstić information content (AvgIpc) is 3.02. The van der Waals surface area contributed by atoms with Gasteiger partial charge in [0.25, 0.3) is 0 Å². The van der Waals surface area contributed by atoms with Crippen LogP contribution in [-0.2, 0) is 19.1 Å². The quantitative estimate of drug-likeness (QED) is 0.446. The standard InChI is InChI=1S/C17H22N4O6/c1-11(22)18-7-13-8-21(17(23)27-13)12-4-5-14-15(6-12)25-9-16(20(14)2)19-26-10-24-3/h4-6,13H,7-10H2,1-3H3,(H,18,22)/b19-16+/t13-/m0/s1. The lowest BCUT2D eigenvalue weighted by atomic mass is 10.2. The molecule has 2 amide bonds. The maximum atomic E-state index is 12.2. The smallest absolute Gasteiger partial charge is 0.414 e. The molecule has 2 aliphatic heterocycles. The molecule has 1 fully saturated rings. The number of benzene rings is 1. The van der Waals surface area contributed by atoms with Gasteiger partial charge in [0.1, 0.15) is 18.5 Å². The van der Waals surface area contributed by atoms with Gasteiger partial charge in [-0.05, 0) is 12.1 Å². The highest BCUT2D eigenvalue weighted by Gasteiger charge is 2.33. The topological polar surface area (TPSA) is 102 Å². The van der Waals surface area contributed by atoms with Crippen LogP contribution >= 0.6 is 0 Å². The van der Waals surface area contributed by atoms with Crippen molar-refractivity contribution in [2.75, 3.05) is 50.4 Å². The number of carbonyl (C=O) groups is 2. The van der Waals surface area contributed by atoms with E-state index in [0.29, 0.717) is 23.8 Å². The fraction of sp³-hybridized carbons (Fsp3) is 0.471. The van der Waals surface area contributed by atoms with Crippen LogP contribution in [0.5, 0.6) is 5.75 Å². The van der Waals surface area contributed by atoms with Gasteiger partial charge >= 0.3 is 6.09 Å². The van der Waals surface area contributed by atoms with Crippen molar-refractivity contribution in [3.63, 3.8) is 0 Å². The van der Waals surface area contributed by atoms with E-state index in [2.05, 4.69) is 10.5 Å². The number of rotatable bonds is 6. The highest BCUT2D eigenvalue weighted by Crippen LogP contribution is 2.36. The zero-order chi connectivity index (χ0) is 19.4. The number of nitrogens with one attached hydrogen (secondary N) is 1. The van der Waals surface area contributed by atoms with Crippen LogP contribution in [0.25, 0.3) is 0 Å². The first-order valence-electron chi connectivity index (χ1n) is 8.40. The number of amides is 2. The Labute approximate surface area is 156 Å². The van der Waals surface area contributed by atoms with Crippen molar-refractivity contribution in [1.29, 1.82) is 0 Å². The maximum absolute atomic E-state index is 12.2. The van der Waals surface area contributed by atoms with Gasteiger partial charge in [0.15, 0.2) is 5.84 Å². The SMILES string of the molecule is COCO/N=C1\COc2cc(N3C[C@H](CNC(C)=O)OC3=O)ccc2N1C. The number of amidine groups is 1. The molecule has 0 radical (unpaired) electrons. The summed E-state index contributed by atoms with van der Waals surface area (Å²) >= 11 is 0. The number of anilines is 2. The minimum Gasteiger partial charge on any atom is -0.483 e. The van der Waals surface area contributed by atoms with Gasteiger partial charge < -0.3 is 29.3 Å². The second kappa shape index (κ2) is 8.12. The van der Waals surface area contributed by atoms with Gasteiger partial charge in [-0.3, -0.25) is 9.69 Å². The molecular weight excluding hydrogens is 356 g/mol. The van der Waals surface area contributed by atoms with Gasteiger partial charge in [-0.15, -0.1) is 0 Å². The lowest BCUT2D eigenvalue weighted by Crippen LogP contribution is -2.36. The van der Waals surface area contributed by atoms with Gasteiger partial charge in [-0.2, -0.15) is 0 Å². The molecule has 0 aliphatic carbocycles. The fourth-order valence-electron chi connectivity index (χ4n) is 2.78. The van der Waals surface area contributed by atoms with Crippen LogP contribution in [0.3, 0.4) is 0 Å². The van der Waals surface area contributed by atoms with E-state index in [1.54, 1.807) is 12.1 Å². The predicted molar refractivity (Wildman–Crippen MR) is 97.0 cm³/mol. The first kappa shape index (κ1) is 18.8. The van der Waals surface area contributed by atoms with Gasteiger partial charge in [0.2, 0.25) is 12.7 Å². The molecule has 1 aromatic rings. The predicted octanol–water partition coefficient (Wildman–Crippen LogP) is 0.910. The largest absolute Gasteiger partial charge is 0.483 e. The Hall–Kier alpha value is -3.01. The Morgan fingerprint density at radius 1 is 1.44 bits per heavy atom. The van der Waals surface area contributed by atoms with Crippen LogP contribution in [0, 0.1) is 0 Å². The Morgan fingerprint density at radius 3 is 3.00 bits per heavy atom. The number of likely N-dealkylation sites (N-methyl/N-ethyl adjacent to an activating group) is 1. The van der Waals surface area contributed by atoms with Crippen LogP contribution in [0.2, 0.25) is 0 Å². The number of cyclic esters (lactones) is 1. The second-order valence-electron chi connectivity index (χ2n) is 6.10. The Bertz CT molecular complexity index is 753. The monoisotopic (exact) mass is 378 g/mol. The van der Waals surface area contributed by atoms with Crippen LogP contribution in [0.1, 0.15) is 6.92 Å². The fourth-order valence-corrected chi connectivity index (χ4v) is 2.78. The molecule has 2 aliphatic rings. The Morgan fingerprint density at radius 2 is 2.26 bits per heavy atom. The van der Waals surface area contributed by atoms with Crippen molar-refractivity contribution in [3.05, 3.63) is 18.2 Å². The number of oxime groups is 1. The summed E-state index contributed by atoms with van der Waals surface area (Å²) in [4.78, 5) is 31.6. The van der Waals surface area contributed by atoms with Crippen molar-refractivity contribution in [2.24, 2.45) is 5.16 Å². The molecule has 1 saturated heterocycles. The van der Waals surface area contributed by atoms with E-state index in [1.807, 2.05) is 18.0 Å². The third-order valence-corrected chi connectivity index (χ3v) is 4.15. The van der Waals surface area contributed by atoms with Crippen molar-refractivity contribution in [1.82, 2.24) is 5.32 Å². The summed E-state index contributed by atoms with van der Waals surface area (Å²) in [5, 5.41) is 6.64. The maximum Gasteiger partial charge on any atom is 0.414 e. The van der Waals surface area contributed by atoms with Crippen LogP contribution in [0.4, 0.5) is 16.2 Å². The highest BCUT2D eigenvalue weighted by atomic mass is 16.7. The van der Waals surface area contributed by atoms with E-state index in [4.69, 9.17) is 19.0 Å². The summed E-state index contributed by atoms with van der Waals surface area (Å²) in [5.41, 5.74) is 1.46. The number of nitrogens with zero attached hydrogens (tertiary/aromatic N) is 3. The average molecular weight is 378 g/mol. The van der Waals surface area contributed by atoms with E-state index in [9.17, 15) is 9.59 Å². The molecule has 27 heavy (non-hydrogen) atoms. The van der Waals surface area contributed by atoms with Gasteiger partial charge in [-0.1, -0.05) is 5.16 Å².